The topological polar surface area (TPSA) is 37.4 Å². The second kappa shape index (κ2) is 3.61. The molecule has 1 aromatic carbocycles. The van der Waals surface area contributed by atoms with Crippen LogP contribution in [0.3, 0.4) is 0 Å². The van der Waals surface area contributed by atoms with Gasteiger partial charge in [-0.3, -0.25) is 0 Å². The van der Waals surface area contributed by atoms with Gasteiger partial charge in [0.2, 0.25) is 0 Å². The molecule has 0 spiro atoms. The first-order valence-corrected chi connectivity index (χ1v) is 5.13. The Bertz CT molecular complexity index is 405. The summed E-state index contributed by atoms with van der Waals surface area (Å²) in [6.45, 7) is 0. The van der Waals surface area contributed by atoms with Gasteiger partial charge in [0.15, 0.2) is 0 Å². The minimum absolute atomic E-state index is 0.424. The van der Waals surface area contributed by atoms with Gasteiger partial charge in [-0.25, -0.2) is 12.8 Å². The molecule has 0 bridgehead atoms. The first kappa shape index (κ1) is 10.4. The highest BCUT2D eigenvalue weighted by Crippen LogP contribution is 2.18. The van der Waals surface area contributed by atoms with Crippen molar-refractivity contribution in [2.24, 2.45) is 0 Å². The van der Waals surface area contributed by atoms with Crippen molar-refractivity contribution in [1.82, 2.24) is 3.82 Å². The highest BCUT2D eigenvalue weighted by atomic mass is 35.5. The van der Waals surface area contributed by atoms with Gasteiger partial charge in [-0.05, 0) is 23.9 Å². The standard InChI is InChI=1S/C7H7ClFNO2S/c1-10(8)13(11,12)7-5-3-2-4-6(7)9/h2-5H,1H3. The van der Waals surface area contributed by atoms with Gasteiger partial charge in [-0.2, -0.15) is 0 Å². The molecule has 3 nitrogen and oxygen atoms in total. The number of hydrogen-bond donors (Lipinski definition) is 0. The lowest BCUT2D eigenvalue weighted by atomic mass is 10.4. The molecule has 0 aliphatic rings. The quantitative estimate of drug-likeness (QED) is 0.715. The smallest absolute Gasteiger partial charge is 0.206 e. The fourth-order valence-corrected chi connectivity index (χ4v) is 1.85. The van der Waals surface area contributed by atoms with Crippen LogP contribution in [-0.2, 0) is 10.0 Å². The highest BCUT2D eigenvalue weighted by Gasteiger charge is 2.22. The van der Waals surface area contributed by atoms with Crippen molar-refractivity contribution < 1.29 is 12.8 Å². The molecule has 0 radical (unpaired) electrons. The SMILES string of the molecule is CN(Cl)S(=O)(=O)c1ccccc1F. The Balaban J connectivity index is 3.32. The first-order chi connectivity index (χ1) is 5.96. The zero-order valence-corrected chi connectivity index (χ0v) is 8.31. The summed E-state index contributed by atoms with van der Waals surface area (Å²) >= 11 is 5.25. The summed E-state index contributed by atoms with van der Waals surface area (Å²) in [6.07, 6.45) is 0. The Labute approximate surface area is 80.9 Å². The van der Waals surface area contributed by atoms with E-state index >= 15 is 0 Å². The third kappa shape index (κ3) is 1.99. The second-order valence-electron chi connectivity index (χ2n) is 2.33. The van der Waals surface area contributed by atoms with Crippen LogP contribution >= 0.6 is 11.8 Å². The van der Waals surface area contributed by atoms with E-state index in [4.69, 9.17) is 11.8 Å². The number of rotatable bonds is 2. The lowest BCUT2D eigenvalue weighted by Gasteiger charge is -2.08. The van der Waals surface area contributed by atoms with Crippen LogP contribution in [0.4, 0.5) is 4.39 Å². The van der Waals surface area contributed by atoms with E-state index in [9.17, 15) is 12.8 Å². The summed E-state index contributed by atoms with van der Waals surface area (Å²) in [5, 5.41) is 0. The van der Waals surface area contributed by atoms with Gasteiger partial charge < -0.3 is 0 Å². The van der Waals surface area contributed by atoms with Crippen LogP contribution in [-0.4, -0.2) is 19.3 Å². The predicted molar refractivity (Wildman–Crippen MR) is 47.2 cm³/mol. The lowest BCUT2D eigenvalue weighted by Crippen LogP contribution is -2.18. The number of sulfonamides is 1. The van der Waals surface area contributed by atoms with Crippen molar-refractivity contribution in [3.63, 3.8) is 0 Å². The molecule has 0 saturated heterocycles. The minimum Gasteiger partial charge on any atom is -0.206 e. The van der Waals surface area contributed by atoms with Crippen molar-refractivity contribution in [3.8, 4) is 0 Å². The van der Waals surface area contributed by atoms with Gasteiger partial charge in [0, 0.05) is 7.05 Å². The van der Waals surface area contributed by atoms with Crippen LogP contribution in [0.25, 0.3) is 0 Å². The summed E-state index contributed by atoms with van der Waals surface area (Å²) in [7, 11) is -2.76. The van der Waals surface area contributed by atoms with Gasteiger partial charge in [0.05, 0.1) is 0 Å². The summed E-state index contributed by atoms with van der Waals surface area (Å²) in [5.74, 6) is -0.810. The van der Waals surface area contributed by atoms with E-state index in [0.717, 1.165) is 19.2 Å². The highest BCUT2D eigenvalue weighted by molar-refractivity contribution is 7.90. The number of halogens is 2. The van der Waals surface area contributed by atoms with E-state index < -0.39 is 20.7 Å². The van der Waals surface area contributed by atoms with Crippen molar-refractivity contribution in [1.29, 1.82) is 0 Å². The molecule has 0 heterocycles. The van der Waals surface area contributed by atoms with Crippen molar-refractivity contribution in [3.05, 3.63) is 30.1 Å². The molecule has 72 valence electrons. The van der Waals surface area contributed by atoms with E-state index in [-0.39, 0.29) is 0 Å². The molecule has 0 amide bonds. The number of benzene rings is 1. The van der Waals surface area contributed by atoms with Crippen molar-refractivity contribution >= 4 is 21.8 Å². The van der Waals surface area contributed by atoms with Crippen LogP contribution < -0.4 is 0 Å². The van der Waals surface area contributed by atoms with Crippen LogP contribution in [0.2, 0.25) is 0 Å². The molecule has 13 heavy (non-hydrogen) atoms. The Morgan fingerprint density at radius 1 is 1.38 bits per heavy atom. The normalized spacial score (nSPS) is 12.0. The van der Waals surface area contributed by atoms with Gasteiger partial charge in [-0.15, -0.1) is 3.82 Å². The zero-order valence-electron chi connectivity index (χ0n) is 6.74. The molecule has 0 unspecified atom stereocenters. The van der Waals surface area contributed by atoms with Crippen molar-refractivity contribution in [2.45, 2.75) is 4.90 Å². The molecule has 1 rings (SSSR count). The third-order valence-electron chi connectivity index (χ3n) is 1.45. The average molecular weight is 224 g/mol. The molecule has 0 saturated carbocycles. The summed E-state index contributed by atoms with van der Waals surface area (Å²) in [6, 6.07) is 5.05. The lowest BCUT2D eigenvalue weighted by molar-refractivity contribution is 0.541. The van der Waals surface area contributed by atoms with E-state index in [1.54, 1.807) is 0 Å². The zero-order chi connectivity index (χ0) is 10.1. The molecule has 1 aromatic rings. The summed E-state index contributed by atoms with van der Waals surface area (Å²) < 4.78 is 36.0. The molecule has 0 fully saturated rings. The van der Waals surface area contributed by atoms with Crippen LogP contribution in [0, 0.1) is 5.82 Å². The minimum atomic E-state index is -3.88. The molecule has 0 aliphatic carbocycles. The Hall–Kier alpha value is -0.650. The largest absolute Gasteiger partial charge is 0.259 e. The number of hydrogen-bond acceptors (Lipinski definition) is 2. The summed E-state index contributed by atoms with van der Waals surface area (Å²) in [4.78, 5) is -0.424. The molecule has 0 atom stereocenters. The third-order valence-corrected chi connectivity index (χ3v) is 3.54. The monoisotopic (exact) mass is 223 g/mol. The fraction of sp³-hybridized carbons (Fsp3) is 0.143. The van der Waals surface area contributed by atoms with Crippen LogP contribution in [0.5, 0.6) is 0 Å². The Morgan fingerprint density at radius 2 is 1.92 bits per heavy atom. The van der Waals surface area contributed by atoms with E-state index in [0.29, 0.717) is 3.82 Å². The Kier molecular flexibility index (Phi) is 2.90. The van der Waals surface area contributed by atoms with Crippen LogP contribution in [0.1, 0.15) is 0 Å². The van der Waals surface area contributed by atoms with E-state index in [1.165, 1.54) is 12.1 Å². The molecule has 0 aromatic heterocycles. The van der Waals surface area contributed by atoms with E-state index in [2.05, 4.69) is 0 Å². The van der Waals surface area contributed by atoms with Gasteiger partial charge in [0.25, 0.3) is 10.0 Å². The molecule has 6 heteroatoms. The van der Waals surface area contributed by atoms with Gasteiger partial charge in [0.1, 0.15) is 10.7 Å². The maximum Gasteiger partial charge on any atom is 0.259 e. The molecular weight excluding hydrogens is 217 g/mol. The molecular formula is C7H7ClFNO2S. The fourth-order valence-electron chi connectivity index (χ4n) is 0.789. The van der Waals surface area contributed by atoms with Gasteiger partial charge in [-0.1, -0.05) is 12.1 Å². The average Bonchev–Trinajstić information content (AvgIpc) is 2.04. The second-order valence-corrected chi connectivity index (χ2v) is 4.97. The maximum absolute atomic E-state index is 13.0. The number of nitrogens with zero attached hydrogens (tertiary/aromatic N) is 1. The summed E-state index contributed by atoms with van der Waals surface area (Å²) in [5.41, 5.74) is 0. The Morgan fingerprint density at radius 3 is 2.38 bits per heavy atom. The molecule has 0 N–H and O–H groups in total. The first-order valence-electron chi connectivity index (χ1n) is 3.35. The van der Waals surface area contributed by atoms with Crippen LogP contribution in [0.15, 0.2) is 29.2 Å². The molecule has 0 aliphatic heterocycles. The predicted octanol–water partition coefficient (Wildman–Crippen LogP) is 1.60. The van der Waals surface area contributed by atoms with Gasteiger partial charge >= 0.3 is 0 Å². The van der Waals surface area contributed by atoms with E-state index in [1.807, 2.05) is 0 Å². The maximum atomic E-state index is 13.0. The van der Waals surface area contributed by atoms with Crippen molar-refractivity contribution in [2.75, 3.05) is 7.05 Å².